The highest BCUT2D eigenvalue weighted by atomic mass is 32.2. The van der Waals surface area contributed by atoms with E-state index in [0.717, 1.165) is 23.1 Å². The van der Waals surface area contributed by atoms with Gasteiger partial charge in [0.15, 0.2) is 18.1 Å². The standard InChI is InChI=1S/C21H24N2O7S/c1-3-29-19-13-17(23(26)27)16(12-18(19)28-2)21(25)30-14-20(24)22-10-7-11-31-15-8-5-4-6-9-15/h4-6,8-9,12-13H,3,7,10-11,14H2,1-2H3,(H,22,24). The first kappa shape index (κ1) is 24.0. The number of carbonyl (C=O) groups is 2. The van der Waals surface area contributed by atoms with Gasteiger partial charge < -0.3 is 19.5 Å². The predicted octanol–water partition coefficient (Wildman–Crippen LogP) is 3.46. The Morgan fingerprint density at radius 2 is 1.90 bits per heavy atom. The van der Waals surface area contributed by atoms with Crippen LogP contribution in [0.4, 0.5) is 5.69 Å². The summed E-state index contributed by atoms with van der Waals surface area (Å²) in [6.45, 7) is 1.86. The van der Waals surface area contributed by atoms with Crippen molar-refractivity contribution in [3.63, 3.8) is 0 Å². The first-order valence-electron chi connectivity index (χ1n) is 9.57. The molecule has 0 bridgehead atoms. The Hall–Kier alpha value is -3.27. The lowest BCUT2D eigenvalue weighted by molar-refractivity contribution is -0.385. The van der Waals surface area contributed by atoms with Crippen LogP contribution in [0.2, 0.25) is 0 Å². The predicted molar refractivity (Wildman–Crippen MR) is 116 cm³/mol. The van der Waals surface area contributed by atoms with Gasteiger partial charge in [-0.25, -0.2) is 4.79 Å². The number of nitro groups is 1. The lowest BCUT2D eigenvalue weighted by Gasteiger charge is -2.11. The summed E-state index contributed by atoms with van der Waals surface area (Å²) in [6.07, 6.45) is 0.737. The van der Waals surface area contributed by atoms with Crippen LogP contribution >= 0.6 is 11.8 Å². The van der Waals surface area contributed by atoms with Crippen molar-refractivity contribution >= 4 is 29.3 Å². The van der Waals surface area contributed by atoms with Gasteiger partial charge >= 0.3 is 5.97 Å². The minimum Gasteiger partial charge on any atom is -0.493 e. The molecule has 1 amide bonds. The van der Waals surface area contributed by atoms with Gasteiger partial charge in [0, 0.05) is 17.5 Å². The fraction of sp³-hybridized carbons (Fsp3) is 0.333. The Balaban J connectivity index is 1.85. The molecule has 2 aromatic carbocycles. The minimum atomic E-state index is -0.997. The van der Waals surface area contributed by atoms with Crippen molar-refractivity contribution < 1.29 is 28.7 Å². The summed E-state index contributed by atoms with van der Waals surface area (Å²) in [5.74, 6) is -0.372. The van der Waals surface area contributed by atoms with E-state index in [1.807, 2.05) is 30.3 Å². The molecule has 0 saturated heterocycles. The summed E-state index contributed by atoms with van der Waals surface area (Å²) >= 11 is 1.68. The van der Waals surface area contributed by atoms with Crippen LogP contribution in [0.1, 0.15) is 23.7 Å². The molecule has 166 valence electrons. The van der Waals surface area contributed by atoms with E-state index in [1.54, 1.807) is 18.7 Å². The lowest BCUT2D eigenvalue weighted by Crippen LogP contribution is -2.30. The van der Waals surface area contributed by atoms with Crippen molar-refractivity contribution in [3.8, 4) is 11.5 Å². The maximum absolute atomic E-state index is 12.3. The molecule has 0 spiro atoms. The van der Waals surface area contributed by atoms with E-state index >= 15 is 0 Å². The Morgan fingerprint density at radius 1 is 1.16 bits per heavy atom. The second-order valence-corrected chi connectivity index (χ2v) is 7.32. The number of esters is 1. The third-order valence-corrected chi connectivity index (χ3v) is 5.09. The topological polar surface area (TPSA) is 117 Å². The van der Waals surface area contributed by atoms with E-state index in [0.29, 0.717) is 6.54 Å². The summed E-state index contributed by atoms with van der Waals surface area (Å²) in [5, 5.41) is 14.0. The Kier molecular flexibility index (Phi) is 9.63. The van der Waals surface area contributed by atoms with Crippen LogP contribution in [0, 0.1) is 10.1 Å². The Morgan fingerprint density at radius 3 is 2.55 bits per heavy atom. The molecule has 2 aromatic rings. The number of methoxy groups -OCH3 is 1. The molecule has 0 heterocycles. The number of amides is 1. The highest BCUT2D eigenvalue weighted by Gasteiger charge is 2.26. The Bertz CT molecular complexity index is 906. The van der Waals surface area contributed by atoms with Gasteiger partial charge in [-0.2, -0.15) is 0 Å². The largest absolute Gasteiger partial charge is 0.493 e. The number of ether oxygens (including phenoxy) is 3. The van der Waals surface area contributed by atoms with Crippen molar-refractivity contribution in [1.29, 1.82) is 0 Å². The molecular weight excluding hydrogens is 424 g/mol. The maximum atomic E-state index is 12.3. The van der Waals surface area contributed by atoms with E-state index in [-0.39, 0.29) is 23.7 Å². The van der Waals surface area contributed by atoms with E-state index in [1.165, 1.54) is 13.2 Å². The molecule has 0 aliphatic rings. The third kappa shape index (κ3) is 7.49. The van der Waals surface area contributed by atoms with Gasteiger partial charge in [0.25, 0.3) is 11.6 Å². The van der Waals surface area contributed by atoms with Crippen LogP contribution in [-0.4, -0.2) is 49.4 Å². The normalized spacial score (nSPS) is 10.3. The minimum absolute atomic E-state index is 0.138. The molecular formula is C21H24N2O7S. The number of nitrogens with zero attached hydrogens (tertiary/aromatic N) is 1. The number of rotatable bonds is 12. The molecule has 31 heavy (non-hydrogen) atoms. The van der Waals surface area contributed by atoms with Gasteiger partial charge in [0.2, 0.25) is 0 Å². The number of nitro benzene ring substituents is 1. The summed E-state index contributed by atoms with van der Waals surface area (Å²) in [5.41, 5.74) is -0.815. The number of thioether (sulfide) groups is 1. The van der Waals surface area contributed by atoms with E-state index in [4.69, 9.17) is 14.2 Å². The summed E-state index contributed by atoms with van der Waals surface area (Å²) in [7, 11) is 1.35. The van der Waals surface area contributed by atoms with Crippen LogP contribution in [0.25, 0.3) is 0 Å². The quantitative estimate of drug-likeness (QED) is 0.172. The zero-order valence-electron chi connectivity index (χ0n) is 17.3. The van der Waals surface area contributed by atoms with Gasteiger partial charge in [0.05, 0.1) is 24.7 Å². The van der Waals surface area contributed by atoms with Crippen molar-refractivity contribution in [2.45, 2.75) is 18.2 Å². The first-order chi connectivity index (χ1) is 15.0. The highest BCUT2D eigenvalue weighted by Crippen LogP contribution is 2.35. The maximum Gasteiger partial charge on any atom is 0.345 e. The molecule has 0 radical (unpaired) electrons. The fourth-order valence-corrected chi connectivity index (χ4v) is 3.43. The van der Waals surface area contributed by atoms with Crippen LogP contribution in [-0.2, 0) is 9.53 Å². The van der Waals surface area contributed by atoms with Crippen molar-refractivity contribution in [3.05, 3.63) is 58.1 Å². The zero-order chi connectivity index (χ0) is 22.6. The Labute approximate surface area is 184 Å². The van der Waals surface area contributed by atoms with Crippen molar-refractivity contribution in [2.75, 3.05) is 32.6 Å². The number of carbonyl (C=O) groups excluding carboxylic acids is 2. The summed E-state index contributed by atoms with van der Waals surface area (Å²) in [6, 6.07) is 12.2. The smallest absolute Gasteiger partial charge is 0.345 e. The first-order valence-corrected chi connectivity index (χ1v) is 10.6. The molecule has 0 saturated carbocycles. The second-order valence-electron chi connectivity index (χ2n) is 6.15. The molecule has 0 aromatic heterocycles. The van der Waals surface area contributed by atoms with Gasteiger partial charge in [0.1, 0.15) is 5.56 Å². The molecule has 0 aliphatic carbocycles. The molecule has 10 heteroatoms. The van der Waals surface area contributed by atoms with Gasteiger partial charge in [-0.15, -0.1) is 11.8 Å². The molecule has 0 atom stereocenters. The van der Waals surface area contributed by atoms with Crippen LogP contribution in [0.3, 0.4) is 0 Å². The summed E-state index contributed by atoms with van der Waals surface area (Å²) < 4.78 is 15.4. The molecule has 0 fully saturated rings. The monoisotopic (exact) mass is 448 g/mol. The zero-order valence-corrected chi connectivity index (χ0v) is 18.1. The van der Waals surface area contributed by atoms with E-state index in [2.05, 4.69) is 5.32 Å². The molecule has 9 nitrogen and oxygen atoms in total. The van der Waals surface area contributed by atoms with Crippen LogP contribution < -0.4 is 14.8 Å². The average molecular weight is 448 g/mol. The van der Waals surface area contributed by atoms with Gasteiger partial charge in [-0.1, -0.05) is 18.2 Å². The fourth-order valence-electron chi connectivity index (χ4n) is 2.56. The second kappa shape index (κ2) is 12.4. The third-order valence-electron chi connectivity index (χ3n) is 3.99. The molecule has 0 aliphatic heterocycles. The number of hydrogen-bond donors (Lipinski definition) is 1. The summed E-state index contributed by atoms with van der Waals surface area (Å²) in [4.78, 5) is 36.0. The molecule has 1 N–H and O–H groups in total. The van der Waals surface area contributed by atoms with Gasteiger partial charge in [-0.3, -0.25) is 14.9 Å². The average Bonchev–Trinajstić information content (AvgIpc) is 2.77. The van der Waals surface area contributed by atoms with Crippen LogP contribution in [0.5, 0.6) is 11.5 Å². The molecule has 2 rings (SSSR count). The van der Waals surface area contributed by atoms with Crippen LogP contribution in [0.15, 0.2) is 47.4 Å². The van der Waals surface area contributed by atoms with Crippen molar-refractivity contribution in [1.82, 2.24) is 5.32 Å². The highest BCUT2D eigenvalue weighted by molar-refractivity contribution is 7.99. The lowest BCUT2D eigenvalue weighted by atomic mass is 10.1. The number of benzene rings is 2. The number of hydrogen-bond acceptors (Lipinski definition) is 8. The SMILES string of the molecule is CCOc1cc([N+](=O)[O-])c(C(=O)OCC(=O)NCCCSc2ccccc2)cc1OC. The van der Waals surface area contributed by atoms with Crippen molar-refractivity contribution in [2.24, 2.45) is 0 Å². The van der Waals surface area contributed by atoms with Gasteiger partial charge in [-0.05, 0) is 31.2 Å². The van der Waals surface area contributed by atoms with E-state index in [9.17, 15) is 19.7 Å². The number of nitrogens with one attached hydrogen (secondary N) is 1. The molecule has 0 unspecified atom stereocenters. The van der Waals surface area contributed by atoms with E-state index < -0.39 is 29.1 Å².